The number of carbonyl (C=O) groups is 1. The zero-order chi connectivity index (χ0) is 25.8. The molecule has 0 spiro atoms. The number of carboxylic acid groups (broad SMARTS) is 1. The number of thiazole rings is 1. The number of alkyl halides is 3. The molecule has 2 aromatic carbocycles. The largest absolute Gasteiger partial charge is 0.478 e. The van der Waals surface area contributed by atoms with E-state index >= 15 is 0 Å². The maximum Gasteiger partial charge on any atom is 0.429 e. The second-order valence-corrected chi connectivity index (χ2v) is 10.4. The van der Waals surface area contributed by atoms with E-state index in [1.807, 2.05) is 0 Å². The minimum atomic E-state index is -4.83. The molecule has 0 bridgehead atoms. The highest BCUT2D eigenvalue weighted by molar-refractivity contribution is 7.94. The molecule has 0 amide bonds. The van der Waals surface area contributed by atoms with Crippen LogP contribution in [-0.2, 0) is 14.8 Å². The first-order valence-corrected chi connectivity index (χ1v) is 12.5. The van der Waals surface area contributed by atoms with Gasteiger partial charge in [-0.15, -0.1) is 11.3 Å². The van der Waals surface area contributed by atoms with Crippen LogP contribution in [0.25, 0.3) is 6.08 Å². The van der Waals surface area contributed by atoms with Gasteiger partial charge in [-0.1, -0.05) is 36.4 Å². The van der Waals surface area contributed by atoms with Crippen molar-refractivity contribution in [3.05, 3.63) is 77.3 Å². The molecule has 0 fully saturated rings. The van der Waals surface area contributed by atoms with Crippen LogP contribution in [0.4, 0.5) is 18.9 Å². The number of aromatic nitrogens is 1. The van der Waals surface area contributed by atoms with Crippen LogP contribution in [0.1, 0.15) is 31.1 Å². The summed E-state index contributed by atoms with van der Waals surface area (Å²) >= 11 is 0.894. The minimum absolute atomic E-state index is 0.0621. The highest BCUT2D eigenvalue weighted by Crippen LogP contribution is 2.41. The molecule has 0 aliphatic rings. The van der Waals surface area contributed by atoms with Gasteiger partial charge >= 0.3 is 12.1 Å². The van der Waals surface area contributed by atoms with Crippen molar-refractivity contribution in [2.24, 2.45) is 0 Å². The molecular weight excluding hydrogens is 505 g/mol. The lowest BCUT2D eigenvalue weighted by Crippen LogP contribution is -2.37. The Morgan fingerprint density at radius 2 is 1.80 bits per heavy atom. The predicted molar refractivity (Wildman–Crippen MR) is 126 cm³/mol. The van der Waals surface area contributed by atoms with Gasteiger partial charge in [-0.2, -0.15) is 21.6 Å². The monoisotopic (exact) mass is 526 g/mol. The molecule has 1 atom stereocenters. The summed E-state index contributed by atoms with van der Waals surface area (Å²) in [6.07, 6.45) is -3.80. The Morgan fingerprint density at radius 1 is 1.14 bits per heavy atom. The van der Waals surface area contributed by atoms with E-state index in [9.17, 15) is 26.4 Å². The zero-order valence-corrected chi connectivity index (χ0v) is 20.1. The summed E-state index contributed by atoms with van der Waals surface area (Å²) in [6, 6.07) is 9.94. The maximum atomic E-state index is 14.0. The molecule has 3 rings (SSSR count). The molecule has 1 unspecified atom stereocenters. The van der Waals surface area contributed by atoms with Crippen molar-refractivity contribution in [2.75, 3.05) is 4.31 Å². The Morgan fingerprint density at radius 3 is 2.34 bits per heavy atom. The first kappa shape index (κ1) is 26.2. The molecule has 0 aliphatic heterocycles. The first-order chi connectivity index (χ1) is 16.4. The van der Waals surface area contributed by atoms with E-state index in [0.29, 0.717) is 5.56 Å². The van der Waals surface area contributed by atoms with Crippen LogP contribution in [0.15, 0.2) is 70.5 Å². The Bertz CT molecular complexity index is 1290. The standard InChI is InChI=1S/C23H21F3N2O5S2/c1-15(2)28(35(31,32)22-27-13-14-34-22)18-5-3-4-6-19(18)33-21(23(24,25)26)17-10-7-16(8-11-17)9-12-20(29)30/h3-15,21H,1-2H3,(H,29,30). The van der Waals surface area contributed by atoms with Crippen molar-refractivity contribution >= 4 is 39.1 Å². The number of anilines is 1. The summed E-state index contributed by atoms with van der Waals surface area (Å²) < 4.78 is 74.8. The van der Waals surface area contributed by atoms with E-state index in [1.165, 1.54) is 66.2 Å². The number of carboxylic acids is 1. The lowest BCUT2D eigenvalue weighted by Gasteiger charge is -2.30. The fourth-order valence-electron chi connectivity index (χ4n) is 3.25. The molecule has 0 radical (unpaired) electrons. The van der Waals surface area contributed by atoms with Crippen molar-refractivity contribution in [3.63, 3.8) is 0 Å². The number of halogens is 3. The molecule has 3 aromatic rings. The quantitative estimate of drug-likeness (QED) is 0.369. The van der Waals surface area contributed by atoms with Crippen LogP contribution >= 0.6 is 11.3 Å². The van der Waals surface area contributed by atoms with Crippen LogP contribution in [0.2, 0.25) is 0 Å². The predicted octanol–water partition coefficient (Wildman–Crippen LogP) is 5.53. The third-order valence-electron chi connectivity index (χ3n) is 4.66. The second-order valence-electron chi connectivity index (χ2n) is 7.54. The second kappa shape index (κ2) is 10.5. The van der Waals surface area contributed by atoms with Gasteiger partial charge in [0.2, 0.25) is 10.4 Å². The average molecular weight is 527 g/mol. The molecule has 35 heavy (non-hydrogen) atoms. The Labute approximate surface area is 204 Å². The molecule has 1 N–H and O–H groups in total. The summed E-state index contributed by atoms with van der Waals surface area (Å²) in [7, 11) is -4.16. The number of ether oxygens (including phenoxy) is 1. The van der Waals surface area contributed by atoms with Crippen molar-refractivity contribution in [3.8, 4) is 5.75 Å². The van der Waals surface area contributed by atoms with Gasteiger partial charge in [0.15, 0.2) is 0 Å². The topological polar surface area (TPSA) is 96.8 Å². The number of hydrogen-bond acceptors (Lipinski definition) is 6. The molecule has 0 aliphatic carbocycles. The normalized spacial score (nSPS) is 13.2. The van der Waals surface area contributed by atoms with Gasteiger partial charge in [0.1, 0.15) is 5.75 Å². The van der Waals surface area contributed by atoms with Crippen LogP contribution in [0.3, 0.4) is 0 Å². The van der Waals surface area contributed by atoms with Crippen molar-refractivity contribution in [1.82, 2.24) is 4.98 Å². The van der Waals surface area contributed by atoms with Crippen molar-refractivity contribution in [1.29, 1.82) is 0 Å². The molecule has 7 nitrogen and oxygen atoms in total. The van der Waals surface area contributed by atoms with Gasteiger partial charge < -0.3 is 9.84 Å². The smallest absolute Gasteiger partial charge is 0.429 e. The first-order valence-electron chi connectivity index (χ1n) is 10.2. The maximum absolute atomic E-state index is 14.0. The zero-order valence-electron chi connectivity index (χ0n) is 18.5. The number of sulfonamides is 1. The summed E-state index contributed by atoms with van der Waals surface area (Å²) in [5.41, 5.74) is 0.0876. The summed E-state index contributed by atoms with van der Waals surface area (Å²) in [5, 5.41) is 10.2. The minimum Gasteiger partial charge on any atom is -0.478 e. The number of para-hydroxylation sites is 2. The molecular formula is C23H21F3N2O5S2. The van der Waals surface area contributed by atoms with Crippen molar-refractivity contribution in [2.45, 2.75) is 36.5 Å². The van der Waals surface area contributed by atoms with Gasteiger partial charge in [-0.3, -0.25) is 4.31 Å². The van der Waals surface area contributed by atoms with Crippen LogP contribution < -0.4 is 9.04 Å². The van der Waals surface area contributed by atoms with E-state index in [2.05, 4.69) is 4.98 Å². The Kier molecular flexibility index (Phi) is 7.86. The van der Waals surface area contributed by atoms with E-state index in [4.69, 9.17) is 9.84 Å². The molecule has 1 aromatic heterocycles. The number of rotatable bonds is 9. The van der Waals surface area contributed by atoms with Crippen LogP contribution in [0, 0.1) is 0 Å². The van der Waals surface area contributed by atoms with Gasteiger partial charge in [0, 0.05) is 29.3 Å². The Balaban J connectivity index is 2.03. The number of benzene rings is 2. The molecule has 0 saturated carbocycles. The lowest BCUT2D eigenvalue weighted by atomic mass is 10.1. The molecule has 186 valence electrons. The summed E-state index contributed by atoms with van der Waals surface area (Å²) in [4.78, 5) is 14.5. The lowest BCUT2D eigenvalue weighted by molar-refractivity contribution is -0.197. The SMILES string of the molecule is CC(C)N(c1ccccc1OC(c1ccc(C=CC(=O)O)cc1)C(F)(F)F)S(=O)(=O)c1nccs1. The van der Waals surface area contributed by atoms with Crippen LogP contribution in [-0.4, -0.2) is 36.7 Å². The molecule has 1 heterocycles. The van der Waals surface area contributed by atoms with Crippen molar-refractivity contribution < 1.29 is 36.2 Å². The van der Waals surface area contributed by atoms with E-state index < -0.39 is 34.3 Å². The Hall–Kier alpha value is -3.38. The van der Waals surface area contributed by atoms with Gasteiger partial charge in [-0.05, 0) is 37.6 Å². The highest BCUT2D eigenvalue weighted by Gasteiger charge is 2.44. The summed E-state index contributed by atoms with van der Waals surface area (Å²) in [5.74, 6) is -1.47. The average Bonchev–Trinajstić information content (AvgIpc) is 3.32. The molecule has 0 saturated heterocycles. The van der Waals surface area contributed by atoms with Gasteiger partial charge in [0.25, 0.3) is 10.0 Å². The molecule has 12 heteroatoms. The highest BCUT2D eigenvalue weighted by atomic mass is 32.2. The fourth-order valence-corrected chi connectivity index (χ4v) is 5.83. The van der Waals surface area contributed by atoms with Gasteiger partial charge in [0.05, 0.1) is 5.69 Å². The van der Waals surface area contributed by atoms with E-state index in [-0.39, 0.29) is 21.3 Å². The summed E-state index contributed by atoms with van der Waals surface area (Å²) in [6.45, 7) is 3.18. The third-order valence-corrected chi connectivity index (χ3v) is 7.83. The number of aliphatic carboxylic acids is 1. The van der Waals surface area contributed by atoms with Gasteiger partial charge in [-0.25, -0.2) is 9.78 Å². The van der Waals surface area contributed by atoms with Crippen LogP contribution in [0.5, 0.6) is 5.75 Å². The third kappa shape index (κ3) is 6.20. The number of hydrogen-bond donors (Lipinski definition) is 1. The van der Waals surface area contributed by atoms with E-state index in [0.717, 1.165) is 21.7 Å². The number of nitrogens with zero attached hydrogens (tertiary/aromatic N) is 2. The van der Waals surface area contributed by atoms with E-state index in [1.54, 1.807) is 13.8 Å². The fraction of sp³-hybridized carbons (Fsp3) is 0.217.